The molecule has 13 heteroatoms. The van der Waals surface area contributed by atoms with Gasteiger partial charge in [-0.05, 0) is 62.1 Å². The lowest BCUT2D eigenvalue weighted by Gasteiger charge is -2.31. The number of rotatable bonds is 10. The van der Waals surface area contributed by atoms with Crippen molar-refractivity contribution in [3.05, 3.63) is 41.6 Å². The van der Waals surface area contributed by atoms with Crippen molar-refractivity contribution in [2.75, 3.05) is 0 Å². The summed E-state index contributed by atoms with van der Waals surface area (Å²) in [6.45, 7) is 16.0. The van der Waals surface area contributed by atoms with Gasteiger partial charge in [0.25, 0.3) is 0 Å². The van der Waals surface area contributed by atoms with E-state index in [0.29, 0.717) is 12.0 Å². The Labute approximate surface area is 289 Å². The molecule has 7 atom stereocenters. The first kappa shape index (κ1) is 40.8. The number of nitrogens with one attached hydrogen (secondary N) is 5. The number of hydrogen-bond acceptors (Lipinski definition) is 8. The van der Waals surface area contributed by atoms with E-state index in [1.54, 1.807) is 32.9 Å². The third kappa shape index (κ3) is 12.5. The summed E-state index contributed by atoms with van der Waals surface area (Å²) in [7, 11) is 0. The molecule has 0 spiro atoms. The van der Waals surface area contributed by atoms with Gasteiger partial charge in [-0.25, -0.2) is 4.79 Å². The van der Waals surface area contributed by atoms with Crippen molar-refractivity contribution in [2.24, 2.45) is 23.7 Å². The number of amides is 5. The molecule has 13 nitrogen and oxygen atoms in total. The molecule has 49 heavy (non-hydrogen) atoms. The molecule has 6 N–H and O–H groups in total. The molecule has 0 aliphatic carbocycles. The Hall–Kier alpha value is -4.42. The largest absolute Gasteiger partial charge is 0.508 e. The lowest BCUT2D eigenvalue weighted by molar-refractivity contribution is -0.150. The summed E-state index contributed by atoms with van der Waals surface area (Å²) < 4.78 is 5.64. The molecule has 5 amide bonds. The second-order valence-corrected chi connectivity index (χ2v) is 13.8. The molecule has 1 aromatic rings. The number of carbonyl (C=O) groups is 6. The Bertz CT molecular complexity index is 1360. The fraction of sp³-hybridized carbons (Fsp3) is 0.611. The highest BCUT2D eigenvalue weighted by molar-refractivity contribution is 5.99. The zero-order chi connectivity index (χ0) is 37.0. The van der Waals surface area contributed by atoms with Gasteiger partial charge in [0.05, 0.1) is 0 Å². The lowest BCUT2D eigenvalue weighted by atomic mass is 9.94. The van der Waals surface area contributed by atoms with Crippen LogP contribution in [0, 0.1) is 23.7 Å². The fourth-order valence-corrected chi connectivity index (χ4v) is 5.42. The van der Waals surface area contributed by atoms with E-state index in [9.17, 15) is 33.9 Å². The Morgan fingerprint density at radius 3 is 2.06 bits per heavy atom. The van der Waals surface area contributed by atoms with Crippen LogP contribution in [0.25, 0.3) is 0 Å². The number of phenolic OH excluding ortho intramolecular Hbond substituents is 1. The molecule has 1 saturated heterocycles. The van der Waals surface area contributed by atoms with Gasteiger partial charge in [-0.1, -0.05) is 73.1 Å². The smallest absolute Gasteiger partial charge is 0.354 e. The van der Waals surface area contributed by atoms with Gasteiger partial charge in [0.15, 0.2) is 0 Å². The van der Waals surface area contributed by atoms with E-state index in [1.807, 2.05) is 27.7 Å². The molecule has 272 valence electrons. The monoisotopic (exact) mass is 685 g/mol. The predicted octanol–water partition coefficient (Wildman–Crippen LogP) is 2.61. The summed E-state index contributed by atoms with van der Waals surface area (Å²) in [6, 6.07) is 1.31. The van der Waals surface area contributed by atoms with Crippen LogP contribution in [0.3, 0.4) is 0 Å². The third-order valence-electron chi connectivity index (χ3n) is 8.61. The van der Waals surface area contributed by atoms with Crippen LogP contribution < -0.4 is 26.6 Å². The molecule has 0 saturated carbocycles. The Balaban J connectivity index is 2.59. The van der Waals surface area contributed by atoms with Gasteiger partial charge < -0.3 is 36.4 Å². The zero-order valence-electron chi connectivity index (χ0n) is 30.2. The molecule has 1 aliphatic rings. The van der Waals surface area contributed by atoms with Crippen molar-refractivity contribution < 1.29 is 38.6 Å². The van der Waals surface area contributed by atoms with E-state index in [0.717, 1.165) is 6.42 Å². The second kappa shape index (κ2) is 18.9. The molecule has 1 heterocycles. The van der Waals surface area contributed by atoms with Crippen molar-refractivity contribution in [1.29, 1.82) is 0 Å². The SMILES string of the molecule is C/C=C1\NC(=O)[C@@H](Cc2ccc(O)cc2)NC(=O)C(C(C)C)NC(=O)C(CC(C)C)NC(=O)C(NC(=O)[C@@H](C)C[C@@H](C)CC)[C@@H](C)OC1=O. The molecular weight excluding hydrogens is 630 g/mol. The maximum atomic E-state index is 13.8. The van der Waals surface area contributed by atoms with Crippen molar-refractivity contribution >= 4 is 35.5 Å². The first-order valence-electron chi connectivity index (χ1n) is 17.1. The number of ether oxygens (including phenoxy) is 1. The normalized spacial score (nSPS) is 25.2. The highest BCUT2D eigenvalue weighted by Gasteiger charge is 2.37. The molecule has 3 unspecified atom stereocenters. The van der Waals surface area contributed by atoms with E-state index in [2.05, 4.69) is 26.6 Å². The van der Waals surface area contributed by atoms with Crippen LogP contribution in [0.5, 0.6) is 5.75 Å². The minimum atomic E-state index is -1.38. The van der Waals surface area contributed by atoms with Gasteiger partial charge >= 0.3 is 5.97 Å². The first-order chi connectivity index (χ1) is 23.0. The van der Waals surface area contributed by atoms with Crippen molar-refractivity contribution in [3.63, 3.8) is 0 Å². The van der Waals surface area contributed by atoms with Crippen LogP contribution in [0.2, 0.25) is 0 Å². The van der Waals surface area contributed by atoms with E-state index < -0.39 is 77.6 Å². The molecule has 1 fully saturated rings. The molecular formula is C36H55N5O8. The molecule has 0 bridgehead atoms. The van der Waals surface area contributed by atoms with E-state index in [4.69, 9.17) is 4.74 Å². The summed E-state index contributed by atoms with van der Waals surface area (Å²) in [5, 5.41) is 23.2. The number of allylic oxidation sites excluding steroid dienone is 1. The first-order valence-corrected chi connectivity index (χ1v) is 17.1. The highest BCUT2D eigenvalue weighted by atomic mass is 16.5. The Morgan fingerprint density at radius 1 is 0.898 bits per heavy atom. The minimum absolute atomic E-state index is 0.00592. The number of aromatic hydroxyl groups is 1. The maximum Gasteiger partial charge on any atom is 0.354 e. The van der Waals surface area contributed by atoms with Gasteiger partial charge in [-0.2, -0.15) is 0 Å². The number of hydrogen-bond donors (Lipinski definition) is 6. The quantitative estimate of drug-likeness (QED) is 0.160. The van der Waals surface area contributed by atoms with Gasteiger partial charge in [0.2, 0.25) is 29.5 Å². The average molecular weight is 686 g/mol. The van der Waals surface area contributed by atoms with Crippen molar-refractivity contribution in [2.45, 2.75) is 118 Å². The Morgan fingerprint density at radius 2 is 1.51 bits per heavy atom. The highest BCUT2D eigenvalue weighted by Crippen LogP contribution is 2.17. The van der Waals surface area contributed by atoms with Gasteiger partial charge in [-0.3, -0.25) is 24.0 Å². The predicted molar refractivity (Wildman–Crippen MR) is 185 cm³/mol. The van der Waals surface area contributed by atoms with Crippen LogP contribution in [0.15, 0.2) is 36.0 Å². The van der Waals surface area contributed by atoms with Gasteiger partial charge in [0.1, 0.15) is 41.7 Å². The summed E-state index contributed by atoms with van der Waals surface area (Å²) in [5.74, 6) is -4.81. The fourth-order valence-electron chi connectivity index (χ4n) is 5.42. The molecule has 1 aromatic carbocycles. The topological polar surface area (TPSA) is 192 Å². The van der Waals surface area contributed by atoms with Crippen LogP contribution in [-0.4, -0.2) is 70.9 Å². The van der Waals surface area contributed by atoms with Crippen molar-refractivity contribution in [3.8, 4) is 5.75 Å². The van der Waals surface area contributed by atoms with Crippen LogP contribution in [0.1, 0.15) is 87.1 Å². The molecule has 2 rings (SSSR count). The summed E-state index contributed by atoms with van der Waals surface area (Å²) in [4.78, 5) is 81.6. The van der Waals surface area contributed by atoms with E-state index in [-0.39, 0.29) is 36.1 Å². The van der Waals surface area contributed by atoms with E-state index >= 15 is 0 Å². The zero-order valence-corrected chi connectivity index (χ0v) is 30.2. The summed E-state index contributed by atoms with van der Waals surface area (Å²) >= 11 is 0. The summed E-state index contributed by atoms with van der Waals surface area (Å²) in [5.41, 5.74) is 0.368. The molecule has 0 aromatic heterocycles. The van der Waals surface area contributed by atoms with Gasteiger partial charge in [-0.15, -0.1) is 0 Å². The number of esters is 1. The lowest BCUT2D eigenvalue weighted by Crippen LogP contribution is -2.61. The maximum absolute atomic E-state index is 13.8. The number of carbonyl (C=O) groups excluding carboxylic acids is 6. The second-order valence-electron chi connectivity index (χ2n) is 13.8. The van der Waals surface area contributed by atoms with Crippen LogP contribution >= 0.6 is 0 Å². The molecule has 1 aliphatic heterocycles. The van der Waals surface area contributed by atoms with Crippen LogP contribution in [0.4, 0.5) is 0 Å². The van der Waals surface area contributed by atoms with Crippen molar-refractivity contribution in [1.82, 2.24) is 26.6 Å². The van der Waals surface area contributed by atoms with Crippen LogP contribution in [-0.2, 0) is 39.9 Å². The number of cyclic esters (lactones) is 1. The van der Waals surface area contributed by atoms with E-state index in [1.165, 1.54) is 32.1 Å². The molecule has 0 radical (unpaired) electrons. The average Bonchev–Trinajstić information content (AvgIpc) is 3.03. The summed E-state index contributed by atoms with van der Waals surface area (Å²) in [6.07, 6.45) is 1.75. The Kier molecular flexibility index (Phi) is 15.8. The minimum Gasteiger partial charge on any atom is -0.508 e. The van der Waals surface area contributed by atoms with Gasteiger partial charge in [0, 0.05) is 12.3 Å². The number of benzene rings is 1. The third-order valence-corrected chi connectivity index (χ3v) is 8.61. The number of phenols is 1. The standard InChI is InChI=1S/C36H55N5O8/c1-10-21(7)17-22(8)31(43)41-30-23(9)49-36(48)26(11-2)37-32(44)28(18-24-12-14-25(42)15-13-24)39-34(46)29(20(5)6)40-33(45)27(16-19(3)4)38-35(30)47/h11-15,19-23,27-30,42H,10,16-18H2,1-9H3,(H,37,44)(H,38,47)(H,39,46)(H,40,45)(H,41,43)/b26-11-/t21-,22-,23+,27?,28+,29?,30?/m0/s1.